The topological polar surface area (TPSA) is 35.2 Å². The summed E-state index contributed by atoms with van der Waals surface area (Å²) in [6.45, 7) is 11.8. The Hall–Kier alpha value is -1.06. The van der Waals surface area contributed by atoms with Crippen LogP contribution in [0.3, 0.4) is 0 Å². The lowest BCUT2D eigenvalue weighted by Gasteiger charge is -2.36. The van der Waals surface area contributed by atoms with Crippen LogP contribution >= 0.6 is 0 Å². The second-order valence-corrected chi connectivity index (χ2v) is 10.8. The normalized spacial score (nSPS) is 13.0. The molecule has 1 aromatic carbocycles. The van der Waals surface area contributed by atoms with Crippen molar-refractivity contribution in [1.29, 1.82) is 0 Å². The minimum Gasteiger partial charge on any atom is -0.544 e. The van der Waals surface area contributed by atoms with Crippen molar-refractivity contribution >= 4 is 14.4 Å². The van der Waals surface area contributed by atoms with Gasteiger partial charge < -0.3 is 10.2 Å². The van der Waals surface area contributed by atoms with Gasteiger partial charge in [-0.15, -0.1) is 0 Å². The molecule has 0 saturated heterocycles. The molecule has 0 heterocycles. The van der Waals surface area contributed by atoms with Crippen molar-refractivity contribution in [2.45, 2.75) is 38.9 Å². The van der Waals surface area contributed by atoms with Gasteiger partial charge in [-0.1, -0.05) is 45.1 Å². The van der Waals surface area contributed by atoms with Gasteiger partial charge in [-0.05, 0) is 35.8 Å². The quantitative estimate of drug-likeness (QED) is 0.832. The summed E-state index contributed by atoms with van der Waals surface area (Å²) in [6, 6.07) is 8.20. The minimum atomic E-state index is -1.73. The van der Waals surface area contributed by atoms with Crippen LogP contribution in [0.1, 0.15) is 26.3 Å². The number of rotatable bonds is 4. The lowest BCUT2D eigenvalue weighted by atomic mass is 10.2. The first-order chi connectivity index (χ1) is 8.26. The molecule has 1 rings (SSSR count). The molecule has 0 fully saturated rings. The summed E-state index contributed by atoms with van der Waals surface area (Å²) in [4.78, 5) is 0. The Kier molecular flexibility index (Phi) is 4.76. The summed E-state index contributed by atoms with van der Waals surface area (Å²) in [5.41, 5.74) is 6.59. The highest BCUT2D eigenvalue weighted by atomic mass is 28.4. The zero-order chi connectivity index (χ0) is 13.8. The van der Waals surface area contributed by atoms with Crippen LogP contribution in [0, 0.1) is 0 Å². The fourth-order valence-corrected chi connectivity index (χ4v) is 2.33. The zero-order valence-corrected chi connectivity index (χ0v) is 13.2. The Morgan fingerprint density at radius 3 is 2.17 bits per heavy atom. The summed E-state index contributed by atoms with van der Waals surface area (Å²) >= 11 is 0. The maximum Gasteiger partial charge on any atom is 0.250 e. The van der Waals surface area contributed by atoms with E-state index in [2.05, 4.69) is 46.0 Å². The highest BCUT2D eigenvalue weighted by Gasteiger charge is 2.38. The standard InChI is InChI=1S/C15H25NOSi/c1-15(2,3)18(4,5)17-14-10-8-13(9-11-14)7-6-12-16/h6-11H,12,16H2,1-5H3/b7-6+. The summed E-state index contributed by atoms with van der Waals surface area (Å²) < 4.78 is 6.22. The molecular weight excluding hydrogens is 238 g/mol. The van der Waals surface area contributed by atoms with Crippen LogP contribution in [0.25, 0.3) is 6.08 Å². The summed E-state index contributed by atoms with van der Waals surface area (Å²) in [5.74, 6) is 0.964. The van der Waals surface area contributed by atoms with Crippen molar-refractivity contribution < 1.29 is 4.43 Å². The van der Waals surface area contributed by atoms with E-state index in [0.29, 0.717) is 6.54 Å². The average Bonchev–Trinajstić information content (AvgIpc) is 2.26. The van der Waals surface area contributed by atoms with E-state index in [9.17, 15) is 0 Å². The number of hydrogen-bond acceptors (Lipinski definition) is 2. The minimum absolute atomic E-state index is 0.227. The van der Waals surface area contributed by atoms with E-state index < -0.39 is 8.32 Å². The predicted molar refractivity (Wildman–Crippen MR) is 82.4 cm³/mol. The smallest absolute Gasteiger partial charge is 0.250 e. The molecule has 1 aromatic rings. The van der Waals surface area contributed by atoms with E-state index in [-0.39, 0.29) is 5.04 Å². The Bertz CT molecular complexity index is 401. The third kappa shape index (κ3) is 4.00. The van der Waals surface area contributed by atoms with Crippen LogP contribution in [-0.2, 0) is 0 Å². The van der Waals surface area contributed by atoms with Crippen molar-refractivity contribution in [2.75, 3.05) is 6.54 Å². The van der Waals surface area contributed by atoms with Gasteiger partial charge in [-0.2, -0.15) is 0 Å². The number of nitrogens with two attached hydrogens (primary N) is 1. The average molecular weight is 263 g/mol. The molecule has 0 aliphatic rings. The number of hydrogen-bond donors (Lipinski definition) is 1. The van der Waals surface area contributed by atoms with Gasteiger partial charge in [-0.25, -0.2) is 0 Å². The Morgan fingerprint density at radius 1 is 1.17 bits per heavy atom. The van der Waals surface area contributed by atoms with Crippen LogP contribution in [0.4, 0.5) is 0 Å². The van der Waals surface area contributed by atoms with Gasteiger partial charge in [-0.3, -0.25) is 0 Å². The molecule has 0 aliphatic carbocycles. The molecule has 0 spiro atoms. The van der Waals surface area contributed by atoms with Gasteiger partial charge in [0.2, 0.25) is 8.32 Å². The van der Waals surface area contributed by atoms with Crippen molar-refractivity contribution in [2.24, 2.45) is 5.73 Å². The van der Waals surface area contributed by atoms with Crippen LogP contribution in [0.15, 0.2) is 30.3 Å². The molecule has 2 nitrogen and oxygen atoms in total. The van der Waals surface area contributed by atoms with Gasteiger partial charge >= 0.3 is 0 Å². The van der Waals surface area contributed by atoms with E-state index in [1.807, 2.05) is 24.3 Å². The van der Waals surface area contributed by atoms with E-state index in [4.69, 9.17) is 10.2 Å². The third-order valence-corrected chi connectivity index (χ3v) is 7.86. The first-order valence-electron chi connectivity index (χ1n) is 6.42. The fourth-order valence-electron chi connectivity index (χ4n) is 1.30. The second kappa shape index (κ2) is 5.72. The van der Waals surface area contributed by atoms with E-state index >= 15 is 0 Å². The first-order valence-corrected chi connectivity index (χ1v) is 9.33. The fraction of sp³-hybridized carbons (Fsp3) is 0.467. The molecule has 0 unspecified atom stereocenters. The number of benzene rings is 1. The van der Waals surface area contributed by atoms with Crippen molar-refractivity contribution in [3.63, 3.8) is 0 Å². The second-order valence-electron chi connectivity index (χ2n) is 6.07. The van der Waals surface area contributed by atoms with Gasteiger partial charge in [0.05, 0.1) is 0 Å². The molecule has 0 amide bonds. The third-order valence-electron chi connectivity index (χ3n) is 3.51. The van der Waals surface area contributed by atoms with Crippen LogP contribution in [0.2, 0.25) is 18.1 Å². The molecule has 0 atom stereocenters. The largest absolute Gasteiger partial charge is 0.544 e. The van der Waals surface area contributed by atoms with E-state index in [1.165, 1.54) is 0 Å². The predicted octanol–water partition coefficient (Wildman–Crippen LogP) is 4.04. The van der Waals surface area contributed by atoms with E-state index in [1.54, 1.807) is 0 Å². The van der Waals surface area contributed by atoms with Gasteiger partial charge in [0.25, 0.3) is 0 Å². The van der Waals surface area contributed by atoms with Gasteiger partial charge in [0, 0.05) is 6.54 Å². The Labute approximate surface area is 112 Å². The summed E-state index contributed by atoms with van der Waals surface area (Å²) in [5, 5.41) is 0.227. The zero-order valence-electron chi connectivity index (χ0n) is 12.2. The SMILES string of the molecule is CC(C)(C)[Si](C)(C)Oc1ccc(/C=C/CN)cc1. The molecule has 3 heteroatoms. The maximum absolute atomic E-state index is 6.22. The first kappa shape index (κ1) is 15.0. The van der Waals surface area contributed by atoms with Crippen LogP contribution in [0.5, 0.6) is 5.75 Å². The van der Waals surface area contributed by atoms with Crippen molar-refractivity contribution in [1.82, 2.24) is 0 Å². The monoisotopic (exact) mass is 263 g/mol. The summed E-state index contributed by atoms with van der Waals surface area (Å²) in [7, 11) is -1.73. The molecule has 0 aromatic heterocycles. The Balaban J connectivity index is 2.78. The molecule has 0 radical (unpaired) electrons. The lowest BCUT2D eigenvalue weighted by Crippen LogP contribution is -2.43. The summed E-state index contributed by atoms with van der Waals surface area (Å²) in [6.07, 6.45) is 3.97. The molecule has 100 valence electrons. The molecule has 0 saturated carbocycles. The molecule has 2 N–H and O–H groups in total. The molecule has 18 heavy (non-hydrogen) atoms. The van der Waals surface area contributed by atoms with Crippen LogP contribution < -0.4 is 10.2 Å². The van der Waals surface area contributed by atoms with Crippen LogP contribution in [-0.4, -0.2) is 14.9 Å². The molecule has 0 aliphatic heterocycles. The Morgan fingerprint density at radius 2 is 1.72 bits per heavy atom. The van der Waals surface area contributed by atoms with Crippen molar-refractivity contribution in [3.05, 3.63) is 35.9 Å². The van der Waals surface area contributed by atoms with Crippen molar-refractivity contribution in [3.8, 4) is 5.75 Å². The highest BCUT2D eigenvalue weighted by Crippen LogP contribution is 2.37. The molecule has 0 bridgehead atoms. The van der Waals surface area contributed by atoms with Gasteiger partial charge in [0.1, 0.15) is 5.75 Å². The maximum atomic E-state index is 6.22. The van der Waals surface area contributed by atoms with E-state index in [0.717, 1.165) is 11.3 Å². The molecular formula is C15H25NOSi. The highest BCUT2D eigenvalue weighted by molar-refractivity contribution is 6.74. The van der Waals surface area contributed by atoms with Gasteiger partial charge in [0.15, 0.2) is 0 Å². The lowest BCUT2D eigenvalue weighted by molar-refractivity contribution is 0.492.